The summed E-state index contributed by atoms with van der Waals surface area (Å²) in [6.45, 7) is 7.23. The van der Waals surface area contributed by atoms with Gasteiger partial charge in [0.2, 0.25) is 6.41 Å². The van der Waals surface area contributed by atoms with Gasteiger partial charge in [0, 0.05) is 19.3 Å². The second kappa shape index (κ2) is 13.9. The third-order valence-electron chi connectivity index (χ3n) is 4.88. The molecule has 13 heteroatoms. The summed E-state index contributed by atoms with van der Waals surface area (Å²) in [5.74, 6) is -1.32. The van der Waals surface area contributed by atoms with E-state index in [0.717, 1.165) is 28.3 Å². The van der Waals surface area contributed by atoms with Crippen LogP contribution in [0.3, 0.4) is 0 Å². The Morgan fingerprint density at radius 2 is 1.97 bits per heavy atom. The molecule has 4 N–H and O–H groups in total. The Kier molecular flexibility index (Phi) is 11.3. The van der Waals surface area contributed by atoms with E-state index in [1.807, 2.05) is 0 Å². The summed E-state index contributed by atoms with van der Waals surface area (Å²) in [5.41, 5.74) is 1.74. The van der Waals surface area contributed by atoms with Crippen LogP contribution in [0.15, 0.2) is 51.6 Å². The molecule has 2 rings (SSSR count). The van der Waals surface area contributed by atoms with Gasteiger partial charge < -0.3 is 20.9 Å². The number of carbonyl (C=O) groups is 3. The number of thioether (sulfide) groups is 1. The molecule has 0 saturated carbocycles. The number of benzene rings is 2. The van der Waals surface area contributed by atoms with Crippen LogP contribution < -0.4 is 25.6 Å². The fourth-order valence-corrected chi connectivity index (χ4v) is 5.38. The zero-order valence-electron chi connectivity index (χ0n) is 20.6. The Morgan fingerprint density at radius 3 is 2.54 bits per heavy atom. The van der Waals surface area contributed by atoms with E-state index in [-0.39, 0.29) is 31.2 Å². The Morgan fingerprint density at radius 1 is 1.27 bits per heavy atom. The van der Waals surface area contributed by atoms with Gasteiger partial charge in [-0.25, -0.2) is 13.4 Å². The number of rotatable bonds is 11. The summed E-state index contributed by atoms with van der Waals surface area (Å²) < 4.78 is 30.2. The van der Waals surface area contributed by atoms with Crippen molar-refractivity contribution in [2.75, 3.05) is 29.6 Å². The fourth-order valence-electron chi connectivity index (χ4n) is 3.39. The van der Waals surface area contributed by atoms with Gasteiger partial charge in [-0.2, -0.15) is 0 Å². The van der Waals surface area contributed by atoms with E-state index < -0.39 is 28.7 Å². The average molecular weight is 568 g/mol. The number of allylic oxidation sites excluding steroid dienone is 1. The number of hydrogen-bond donors (Lipinski definition) is 4. The molecule has 0 bridgehead atoms. The first-order chi connectivity index (χ1) is 17.5. The average Bonchev–Trinajstić information content (AvgIpc) is 2.81. The van der Waals surface area contributed by atoms with Crippen LogP contribution in [0.1, 0.15) is 28.4 Å². The van der Waals surface area contributed by atoms with Gasteiger partial charge >= 0.3 is 6.03 Å². The summed E-state index contributed by atoms with van der Waals surface area (Å²) in [7, 11) is 1.27. The lowest BCUT2D eigenvalue weighted by Gasteiger charge is -2.22. The maximum absolute atomic E-state index is 15.1. The van der Waals surface area contributed by atoms with E-state index >= 15 is 4.39 Å². The van der Waals surface area contributed by atoms with Crippen molar-refractivity contribution in [3.05, 3.63) is 74.1 Å². The van der Waals surface area contributed by atoms with Crippen LogP contribution in [0.4, 0.5) is 26.2 Å². The van der Waals surface area contributed by atoms with Crippen molar-refractivity contribution in [2.45, 2.75) is 20.4 Å². The highest BCUT2D eigenvalue weighted by Crippen LogP contribution is 2.30. The first kappa shape index (κ1) is 30.0. The van der Waals surface area contributed by atoms with Crippen LogP contribution in [-0.2, 0) is 22.3 Å². The van der Waals surface area contributed by atoms with Crippen molar-refractivity contribution in [3.63, 3.8) is 0 Å². The number of anilines is 3. The molecule has 1 atom stereocenters. The van der Waals surface area contributed by atoms with Crippen molar-refractivity contribution in [3.8, 4) is 0 Å². The third-order valence-corrected chi connectivity index (χ3v) is 7.44. The number of aryl methyl sites for hydroxylation is 1. The van der Waals surface area contributed by atoms with Crippen molar-refractivity contribution in [2.24, 2.45) is 0 Å². The lowest BCUT2D eigenvalue weighted by Crippen LogP contribution is -2.31. The molecule has 4 amide bonds. The van der Waals surface area contributed by atoms with Gasteiger partial charge in [-0.1, -0.05) is 42.1 Å². The van der Waals surface area contributed by atoms with Gasteiger partial charge in [0.15, 0.2) is 11.0 Å². The Balaban J connectivity index is 2.24. The fraction of sp³-hybridized carbons (Fsp3) is 0.208. The maximum atomic E-state index is 15.1. The molecule has 0 aliphatic heterocycles. The second-order valence-electron chi connectivity index (χ2n) is 7.55. The van der Waals surface area contributed by atoms with Crippen LogP contribution in [0, 0.1) is 12.7 Å². The number of urea groups is 1. The minimum Gasteiger partial charge on any atom is -0.328 e. The molecule has 198 valence electrons. The number of nitrogens with zero attached hydrogens (tertiary/aromatic N) is 1. The first-order valence-electron chi connectivity index (χ1n) is 10.8. The molecule has 9 nitrogen and oxygen atoms in total. The number of halogens is 2. The molecule has 0 spiro atoms. The predicted octanol–water partition coefficient (Wildman–Crippen LogP) is 4.79. The monoisotopic (exact) mass is 567 g/mol. The molecule has 2 aromatic rings. The highest BCUT2D eigenvalue weighted by molar-refractivity contribution is 8.19. The lowest BCUT2D eigenvalue weighted by atomic mass is 10.1. The normalized spacial score (nSPS) is 11.9. The second-order valence-corrected chi connectivity index (χ2v) is 10.8. The van der Waals surface area contributed by atoms with Crippen LogP contribution in [-0.4, -0.2) is 36.7 Å². The highest BCUT2D eigenvalue weighted by atomic mass is 35.5. The zero-order chi connectivity index (χ0) is 27.7. The van der Waals surface area contributed by atoms with Gasteiger partial charge in [-0.05, 0) is 56.3 Å². The van der Waals surface area contributed by atoms with E-state index in [1.165, 1.54) is 19.2 Å². The summed E-state index contributed by atoms with van der Waals surface area (Å²) in [6, 6.07) is 6.62. The van der Waals surface area contributed by atoms with E-state index in [1.54, 1.807) is 39.1 Å². The van der Waals surface area contributed by atoms with E-state index in [9.17, 15) is 18.6 Å². The lowest BCUT2D eigenvalue weighted by molar-refractivity contribution is -0.105. The molecule has 1 unspecified atom stereocenters. The Labute approximate surface area is 226 Å². The SMILES string of the molecule is C=C(Cl)S/C(=C\C)S(=O)NC(=O)Nc1cc(C)c(N(C)C(=O)c2ccc(CNC)cc2NC=O)c(F)c1. The number of hydrogen-bond acceptors (Lipinski definition) is 6. The Hall–Kier alpha value is -3.19. The van der Waals surface area contributed by atoms with Crippen molar-refractivity contribution < 1.29 is 23.0 Å². The number of amides is 4. The highest BCUT2D eigenvalue weighted by Gasteiger charge is 2.23. The molecule has 0 radical (unpaired) electrons. The minimum atomic E-state index is -1.90. The Bertz CT molecular complexity index is 1250. The first-order valence-corrected chi connectivity index (χ1v) is 13.1. The standard InChI is InChI=1S/C24H27ClFN5O4S2/c1-6-21(36-15(3)25)37(35)30-24(34)29-17-9-14(2)22(19(26)11-17)31(5)23(33)18-8-7-16(12-27-4)10-20(18)28-13-32/h6-11,13,27H,3,12H2,1-2,4-5H3,(H,28,32)(H2,29,30,34)/b21-6+. The predicted molar refractivity (Wildman–Crippen MR) is 149 cm³/mol. The quantitative estimate of drug-likeness (QED) is 0.290. The molecule has 2 aromatic carbocycles. The zero-order valence-corrected chi connectivity index (χ0v) is 23.0. The van der Waals surface area contributed by atoms with Gasteiger partial charge in [0.25, 0.3) is 5.91 Å². The van der Waals surface area contributed by atoms with Crippen molar-refractivity contribution in [1.29, 1.82) is 0 Å². The molecule has 0 aliphatic carbocycles. The number of carbonyl (C=O) groups excluding carboxylic acids is 3. The molecule has 0 aliphatic rings. The molecule has 0 fully saturated rings. The smallest absolute Gasteiger partial charge is 0.328 e. The molecule has 0 saturated heterocycles. The molecular weight excluding hydrogens is 541 g/mol. The number of nitrogens with one attached hydrogen (secondary N) is 4. The van der Waals surface area contributed by atoms with E-state index in [2.05, 4.69) is 27.3 Å². The molecule has 0 heterocycles. The van der Waals surface area contributed by atoms with Crippen molar-refractivity contribution in [1.82, 2.24) is 10.0 Å². The van der Waals surface area contributed by atoms with Gasteiger partial charge in [-0.3, -0.25) is 14.3 Å². The van der Waals surface area contributed by atoms with E-state index in [4.69, 9.17) is 11.6 Å². The molecular formula is C24H27ClFN5O4S2. The third kappa shape index (κ3) is 8.15. The molecule has 0 aromatic heterocycles. The van der Waals surface area contributed by atoms with Gasteiger partial charge in [0.1, 0.15) is 5.82 Å². The minimum absolute atomic E-state index is 0.0101. The van der Waals surface area contributed by atoms with Crippen LogP contribution in [0.5, 0.6) is 0 Å². The van der Waals surface area contributed by atoms with Crippen molar-refractivity contribution >= 4 is 69.8 Å². The topological polar surface area (TPSA) is 120 Å². The summed E-state index contributed by atoms with van der Waals surface area (Å²) in [6.07, 6.45) is 1.98. The largest absolute Gasteiger partial charge is 0.331 e. The van der Waals surface area contributed by atoms with Crippen LogP contribution in [0.25, 0.3) is 0 Å². The summed E-state index contributed by atoms with van der Waals surface area (Å²) >= 11 is 6.65. The van der Waals surface area contributed by atoms with Crippen LogP contribution in [0.2, 0.25) is 0 Å². The van der Waals surface area contributed by atoms with E-state index in [0.29, 0.717) is 18.5 Å². The maximum Gasteiger partial charge on any atom is 0.331 e. The summed E-state index contributed by atoms with van der Waals surface area (Å²) in [4.78, 5) is 37.7. The summed E-state index contributed by atoms with van der Waals surface area (Å²) in [5, 5.41) is 7.92. The van der Waals surface area contributed by atoms with Gasteiger partial charge in [0.05, 0.1) is 25.5 Å². The van der Waals surface area contributed by atoms with Crippen LogP contribution >= 0.6 is 23.4 Å². The van der Waals surface area contributed by atoms with Gasteiger partial charge in [-0.15, -0.1) is 0 Å². The molecule has 37 heavy (non-hydrogen) atoms.